The van der Waals surface area contributed by atoms with Crippen molar-refractivity contribution in [3.8, 4) is 0 Å². The molecule has 0 spiro atoms. The third kappa shape index (κ3) is 17.0. The van der Waals surface area contributed by atoms with Crippen LogP contribution in [0.25, 0.3) is 0 Å². The Bertz CT molecular complexity index is 1300. The Labute approximate surface area is 313 Å². The standard InChI is InChI=1S/C34H52N6O14/c1-33(2,3)51-31(49)35-17-19-37(23(41)9-7-11-29(47)53-39-25(43)13-14-26(39)44)21-22-38(20-18-36-32(50)52-34(4,5)6)24(42)10-8-12-30(48)54-40-27(45)15-16-28(40)46/h7-22H2,1-6H3,(H,35,49)(H,36,50). The van der Waals surface area contributed by atoms with Gasteiger partial charge in [-0.25, -0.2) is 19.2 Å². The van der Waals surface area contributed by atoms with E-state index in [9.17, 15) is 47.9 Å². The average molecular weight is 769 g/mol. The molecule has 0 unspecified atom stereocenters. The lowest BCUT2D eigenvalue weighted by Crippen LogP contribution is -2.46. The first-order chi connectivity index (χ1) is 25.1. The van der Waals surface area contributed by atoms with Crippen LogP contribution >= 0.6 is 0 Å². The molecule has 0 aromatic carbocycles. The molecule has 0 radical (unpaired) electrons. The van der Waals surface area contributed by atoms with Crippen LogP contribution in [0.1, 0.15) is 106 Å². The first-order valence-corrected chi connectivity index (χ1v) is 17.8. The highest BCUT2D eigenvalue weighted by atomic mass is 16.7. The zero-order valence-corrected chi connectivity index (χ0v) is 31.8. The van der Waals surface area contributed by atoms with Crippen LogP contribution in [-0.4, -0.2) is 130 Å². The quantitative estimate of drug-likeness (QED) is 0.176. The van der Waals surface area contributed by atoms with Gasteiger partial charge < -0.3 is 39.6 Å². The second-order valence-corrected chi connectivity index (χ2v) is 14.4. The van der Waals surface area contributed by atoms with Crippen molar-refractivity contribution in [1.82, 2.24) is 30.6 Å². The van der Waals surface area contributed by atoms with E-state index in [0.717, 1.165) is 0 Å². The fraction of sp³-hybridized carbons (Fsp3) is 0.706. The third-order valence-electron chi connectivity index (χ3n) is 7.39. The highest BCUT2D eigenvalue weighted by Crippen LogP contribution is 2.15. The van der Waals surface area contributed by atoms with Crippen molar-refractivity contribution in [1.29, 1.82) is 0 Å². The molecule has 2 fully saturated rings. The van der Waals surface area contributed by atoms with Crippen molar-refractivity contribution in [2.24, 2.45) is 0 Å². The van der Waals surface area contributed by atoms with Gasteiger partial charge in [0.15, 0.2) is 0 Å². The van der Waals surface area contributed by atoms with E-state index in [4.69, 9.17) is 19.1 Å². The molecule has 2 saturated heterocycles. The Morgan fingerprint density at radius 1 is 0.537 bits per heavy atom. The van der Waals surface area contributed by atoms with Crippen molar-refractivity contribution in [3.63, 3.8) is 0 Å². The summed E-state index contributed by atoms with van der Waals surface area (Å²) in [5.74, 6) is -5.19. The second kappa shape index (κ2) is 20.8. The summed E-state index contributed by atoms with van der Waals surface area (Å²) in [6, 6.07) is 0. The van der Waals surface area contributed by atoms with Gasteiger partial charge in [-0.3, -0.25) is 28.8 Å². The number of imide groups is 2. The molecule has 20 nitrogen and oxygen atoms in total. The van der Waals surface area contributed by atoms with Gasteiger partial charge in [-0.1, -0.05) is 0 Å². The summed E-state index contributed by atoms with van der Waals surface area (Å²) in [4.78, 5) is 135. The van der Waals surface area contributed by atoms with Gasteiger partial charge in [-0.2, -0.15) is 0 Å². The van der Waals surface area contributed by atoms with Gasteiger partial charge in [0.2, 0.25) is 11.8 Å². The van der Waals surface area contributed by atoms with Gasteiger partial charge in [0, 0.05) is 90.6 Å². The zero-order chi connectivity index (χ0) is 40.6. The number of ether oxygens (including phenoxy) is 2. The molecule has 0 bridgehead atoms. The predicted octanol–water partition coefficient (Wildman–Crippen LogP) is 1.25. The first kappa shape index (κ1) is 44.9. The monoisotopic (exact) mass is 768 g/mol. The van der Waals surface area contributed by atoms with Crippen molar-refractivity contribution in [3.05, 3.63) is 0 Å². The predicted molar refractivity (Wildman–Crippen MR) is 184 cm³/mol. The fourth-order valence-corrected chi connectivity index (χ4v) is 4.87. The fourth-order valence-electron chi connectivity index (χ4n) is 4.87. The SMILES string of the molecule is CC(C)(C)OC(=O)NCCN(CCN(CCNC(=O)OC(C)(C)C)C(=O)CCCC(=O)ON1C(=O)CCC1=O)C(=O)CCCC(=O)ON1C(=O)CCC1=O. The maximum Gasteiger partial charge on any atom is 0.407 e. The number of hydrogen-bond donors (Lipinski definition) is 2. The molecule has 302 valence electrons. The molecule has 8 amide bonds. The summed E-state index contributed by atoms with van der Waals surface area (Å²) in [6.07, 6.45) is -2.60. The van der Waals surface area contributed by atoms with E-state index in [-0.39, 0.29) is 103 Å². The maximum atomic E-state index is 13.4. The average Bonchev–Trinajstić information content (AvgIpc) is 3.53. The van der Waals surface area contributed by atoms with E-state index < -0.39 is 70.8 Å². The summed E-state index contributed by atoms with van der Waals surface area (Å²) in [5, 5.41) is 5.96. The lowest BCUT2D eigenvalue weighted by molar-refractivity contribution is -0.197. The molecule has 2 N–H and O–H groups in total. The van der Waals surface area contributed by atoms with Crippen molar-refractivity contribution in [2.75, 3.05) is 39.3 Å². The van der Waals surface area contributed by atoms with Crippen LogP contribution in [0, 0.1) is 0 Å². The molecule has 0 aromatic heterocycles. The van der Waals surface area contributed by atoms with Gasteiger partial charge >= 0.3 is 24.1 Å². The third-order valence-corrected chi connectivity index (χ3v) is 7.39. The van der Waals surface area contributed by atoms with E-state index >= 15 is 0 Å². The molecule has 54 heavy (non-hydrogen) atoms. The minimum absolute atomic E-state index is 0.00292. The number of amides is 8. The van der Waals surface area contributed by atoms with Crippen molar-refractivity contribution in [2.45, 2.75) is 117 Å². The molecule has 0 aromatic rings. The van der Waals surface area contributed by atoms with Crippen LogP contribution in [0.15, 0.2) is 0 Å². The maximum absolute atomic E-state index is 13.4. The molecule has 0 aliphatic carbocycles. The van der Waals surface area contributed by atoms with Crippen LogP contribution < -0.4 is 10.6 Å². The molecule has 2 aliphatic heterocycles. The topological polar surface area (TPSA) is 245 Å². The number of alkyl carbamates (subject to hydrolysis) is 2. The van der Waals surface area contributed by atoms with E-state index in [1.165, 1.54) is 9.80 Å². The van der Waals surface area contributed by atoms with Gasteiger partial charge in [0.05, 0.1) is 0 Å². The second-order valence-electron chi connectivity index (χ2n) is 14.4. The number of rotatable bonds is 19. The molecular formula is C34H52N6O14. The Kier molecular flexibility index (Phi) is 17.3. The number of hydrogen-bond acceptors (Lipinski definition) is 14. The highest BCUT2D eigenvalue weighted by Gasteiger charge is 2.34. The normalized spacial score (nSPS) is 14.5. The molecular weight excluding hydrogens is 716 g/mol. The lowest BCUT2D eigenvalue weighted by Gasteiger charge is -2.29. The zero-order valence-electron chi connectivity index (χ0n) is 31.8. The number of carbonyl (C=O) groups excluding carboxylic acids is 10. The number of nitrogens with zero attached hydrogens (tertiary/aromatic N) is 4. The summed E-state index contributed by atoms with van der Waals surface area (Å²) < 4.78 is 10.5. The van der Waals surface area contributed by atoms with E-state index in [1.807, 2.05) is 0 Å². The van der Waals surface area contributed by atoms with E-state index in [1.54, 1.807) is 41.5 Å². The van der Waals surface area contributed by atoms with E-state index in [2.05, 4.69) is 10.6 Å². The van der Waals surface area contributed by atoms with Gasteiger partial charge in [-0.05, 0) is 54.4 Å². The van der Waals surface area contributed by atoms with Crippen LogP contribution in [0.2, 0.25) is 0 Å². The number of carbonyl (C=O) groups is 10. The van der Waals surface area contributed by atoms with Crippen LogP contribution in [0.4, 0.5) is 9.59 Å². The minimum Gasteiger partial charge on any atom is -0.444 e. The van der Waals surface area contributed by atoms with Gasteiger partial charge in [0.25, 0.3) is 23.6 Å². The number of hydroxylamine groups is 4. The molecule has 0 saturated carbocycles. The largest absolute Gasteiger partial charge is 0.444 e. The van der Waals surface area contributed by atoms with Crippen LogP contribution in [0.3, 0.4) is 0 Å². The molecule has 0 atom stereocenters. The lowest BCUT2D eigenvalue weighted by atomic mass is 10.2. The van der Waals surface area contributed by atoms with Crippen LogP contribution in [-0.2, 0) is 57.5 Å². The summed E-state index contributed by atoms with van der Waals surface area (Å²) >= 11 is 0. The highest BCUT2D eigenvalue weighted by molar-refractivity contribution is 6.02. The Balaban J connectivity index is 2.07. The number of nitrogens with one attached hydrogen (secondary N) is 2. The van der Waals surface area contributed by atoms with Gasteiger partial charge in [-0.15, -0.1) is 10.1 Å². The molecule has 2 aliphatic rings. The van der Waals surface area contributed by atoms with E-state index in [0.29, 0.717) is 10.1 Å². The van der Waals surface area contributed by atoms with Crippen molar-refractivity contribution >= 4 is 59.6 Å². The summed E-state index contributed by atoms with van der Waals surface area (Å²) in [7, 11) is 0. The van der Waals surface area contributed by atoms with Crippen molar-refractivity contribution < 1.29 is 67.1 Å². The Morgan fingerprint density at radius 2 is 0.852 bits per heavy atom. The summed E-state index contributed by atoms with van der Waals surface area (Å²) in [5.41, 5.74) is -1.54. The molecule has 20 heteroatoms. The first-order valence-electron chi connectivity index (χ1n) is 17.8. The van der Waals surface area contributed by atoms with Crippen LogP contribution in [0.5, 0.6) is 0 Å². The van der Waals surface area contributed by atoms with Gasteiger partial charge in [0.1, 0.15) is 11.2 Å². The Hall–Kier alpha value is -5.30. The minimum atomic E-state index is -0.874. The Morgan fingerprint density at radius 3 is 1.15 bits per heavy atom. The smallest absolute Gasteiger partial charge is 0.407 e. The molecule has 2 rings (SSSR count). The summed E-state index contributed by atoms with van der Waals surface area (Å²) in [6.45, 7) is 9.93. The molecule has 2 heterocycles.